The fourth-order valence-corrected chi connectivity index (χ4v) is 3.78. The first-order valence-electron chi connectivity index (χ1n) is 11.9. The van der Waals surface area contributed by atoms with Crippen LogP contribution in [0.15, 0.2) is 35.4 Å². The number of nitrogens with two attached hydrogens (primary N) is 3. The van der Waals surface area contributed by atoms with E-state index < -0.39 is 0 Å². The van der Waals surface area contributed by atoms with Crippen LogP contribution >= 0.6 is 0 Å². The first-order valence-corrected chi connectivity index (χ1v) is 11.9. The predicted molar refractivity (Wildman–Crippen MR) is 138 cm³/mol. The number of hydrazone groups is 1. The van der Waals surface area contributed by atoms with Crippen molar-refractivity contribution in [3.8, 4) is 0 Å². The van der Waals surface area contributed by atoms with Crippen LogP contribution in [0, 0.1) is 19.7 Å². The van der Waals surface area contributed by atoms with Gasteiger partial charge < -0.3 is 22.1 Å². The first-order chi connectivity index (χ1) is 17.1. The summed E-state index contributed by atoms with van der Waals surface area (Å²) >= 11 is 0. The Balaban J connectivity index is 0.000000346. The number of amides is 2. The molecule has 0 atom stereocenters. The Hall–Kier alpha value is -3.57. The molecule has 0 saturated heterocycles. The number of halogens is 1. The van der Waals surface area contributed by atoms with Gasteiger partial charge in [-0.2, -0.15) is 0 Å². The molecule has 10 nitrogen and oxygen atoms in total. The molecule has 196 valence electrons. The molecule has 3 rings (SSSR count). The van der Waals surface area contributed by atoms with Crippen LogP contribution in [0.2, 0.25) is 0 Å². The lowest BCUT2D eigenvalue weighted by molar-refractivity contribution is -0.120. The second-order valence-corrected chi connectivity index (χ2v) is 8.81. The molecule has 1 aromatic heterocycles. The summed E-state index contributed by atoms with van der Waals surface area (Å²) in [7, 11) is 1.54. The van der Waals surface area contributed by atoms with Gasteiger partial charge in [-0.25, -0.2) is 20.3 Å². The van der Waals surface area contributed by atoms with Crippen molar-refractivity contribution >= 4 is 17.6 Å². The Morgan fingerprint density at radius 3 is 2.47 bits per heavy atom. The summed E-state index contributed by atoms with van der Waals surface area (Å²) in [4.78, 5) is 27.4. The lowest BCUT2D eigenvalue weighted by atomic mass is 9.95. The van der Waals surface area contributed by atoms with E-state index in [1.54, 1.807) is 45.2 Å². The number of hydrogen-bond donors (Lipinski definition) is 5. The van der Waals surface area contributed by atoms with Gasteiger partial charge in [0, 0.05) is 30.9 Å². The van der Waals surface area contributed by atoms with Crippen LogP contribution in [0.1, 0.15) is 65.0 Å². The van der Waals surface area contributed by atoms with Gasteiger partial charge in [0.05, 0.1) is 6.54 Å². The van der Waals surface area contributed by atoms with Crippen LogP contribution in [0.3, 0.4) is 0 Å². The molecule has 0 spiro atoms. The van der Waals surface area contributed by atoms with Crippen molar-refractivity contribution < 1.29 is 14.0 Å². The molecule has 2 amide bonds. The molecule has 1 aliphatic rings. The Labute approximate surface area is 211 Å². The zero-order valence-electron chi connectivity index (χ0n) is 21.2. The standard InChI is InChI=1S/C17H21FN6O.C8H16N2O/c1-10-6-12(4-5-14(10)18)9-21-17(25)15-8-13(7-11(2)22-15)16(19)23-24(3)20;9-6-8(11)10-7-4-2-1-3-5-7/h4-8H,9,20H2,1-3H3,(H2,19,23)(H,21,25);7H,1-6,9H2,(H,10,11). The highest BCUT2D eigenvalue weighted by Crippen LogP contribution is 2.17. The lowest BCUT2D eigenvalue weighted by Crippen LogP contribution is -2.39. The first kappa shape index (κ1) is 28.7. The molecule has 0 radical (unpaired) electrons. The van der Waals surface area contributed by atoms with Crippen molar-refractivity contribution in [3.63, 3.8) is 0 Å². The fourth-order valence-electron chi connectivity index (χ4n) is 3.78. The van der Waals surface area contributed by atoms with Gasteiger partial charge in [0.25, 0.3) is 5.91 Å². The Bertz CT molecular complexity index is 1070. The Morgan fingerprint density at radius 2 is 1.86 bits per heavy atom. The molecular weight excluding hydrogens is 463 g/mol. The highest BCUT2D eigenvalue weighted by molar-refractivity contribution is 6.00. The summed E-state index contributed by atoms with van der Waals surface area (Å²) in [6.07, 6.45) is 6.07. The zero-order chi connectivity index (χ0) is 26.7. The van der Waals surface area contributed by atoms with Crippen LogP contribution in [-0.2, 0) is 11.3 Å². The third kappa shape index (κ3) is 9.59. The highest BCUT2D eigenvalue weighted by atomic mass is 19.1. The minimum Gasteiger partial charge on any atom is -0.382 e. The summed E-state index contributed by atoms with van der Waals surface area (Å²) in [5, 5.41) is 10.7. The molecule has 2 aromatic rings. The van der Waals surface area contributed by atoms with Crippen LogP contribution in [-0.4, -0.2) is 47.4 Å². The molecule has 1 aromatic carbocycles. The largest absolute Gasteiger partial charge is 0.382 e. The summed E-state index contributed by atoms with van der Waals surface area (Å²) < 4.78 is 13.3. The number of nitrogens with one attached hydrogen (secondary N) is 2. The number of hydrazine groups is 1. The smallest absolute Gasteiger partial charge is 0.270 e. The average molecular weight is 501 g/mol. The fraction of sp³-hybridized carbons (Fsp3) is 0.440. The number of aromatic nitrogens is 1. The molecule has 1 fully saturated rings. The minimum absolute atomic E-state index is 0.0168. The molecule has 1 aliphatic carbocycles. The van der Waals surface area contributed by atoms with Gasteiger partial charge in [0.1, 0.15) is 11.5 Å². The number of nitrogens with zero attached hydrogens (tertiary/aromatic N) is 3. The average Bonchev–Trinajstić information content (AvgIpc) is 2.84. The van der Waals surface area contributed by atoms with E-state index in [0.717, 1.165) is 23.5 Å². The van der Waals surface area contributed by atoms with Crippen LogP contribution < -0.4 is 27.9 Å². The monoisotopic (exact) mass is 500 g/mol. The highest BCUT2D eigenvalue weighted by Gasteiger charge is 2.14. The molecule has 11 heteroatoms. The second-order valence-electron chi connectivity index (χ2n) is 8.81. The van der Waals surface area contributed by atoms with Crippen molar-refractivity contribution in [2.24, 2.45) is 22.4 Å². The number of pyridine rings is 1. The minimum atomic E-state index is -0.360. The van der Waals surface area contributed by atoms with E-state index in [9.17, 15) is 14.0 Å². The number of amidine groups is 1. The number of rotatable bonds is 7. The molecule has 0 unspecified atom stereocenters. The van der Waals surface area contributed by atoms with Gasteiger partial charge in [-0.3, -0.25) is 9.59 Å². The van der Waals surface area contributed by atoms with Gasteiger partial charge in [-0.15, -0.1) is 5.10 Å². The maximum Gasteiger partial charge on any atom is 0.270 e. The maximum atomic E-state index is 13.3. The van der Waals surface area contributed by atoms with Gasteiger partial charge >= 0.3 is 0 Å². The van der Waals surface area contributed by atoms with Crippen molar-refractivity contribution in [2.75, 3.05) is 13.6 Å². The van der Waals surface area contributed by atoms with Crippen LogP contribution in [0.25, 0.3) is 0 Å². The van der Waals surface area contributed by atoms with E-state index in [1.807, 2.05) is 0 Å². The molecule has 36 heavy (non-hydrogen) atoms. The zero-order valence-corrected chi connectivity index (χ0v) is 21.2. The Morgan fingerprint density at radius 1 is 1.17 bits per heavy atom. The normalized spacial score (nSPS) is 13.9. The number of aryl methyl sites for hydroxylation is 2. The number of hydrogen-bond acceptors (Lipinski definition) is 7. The summed E-state index contributed by atoms with van der Waals surface area (Å²) in [6.45, 7) is 3.81. The molecule has 0 bridgehead atoms. The van der Waals surface area contributed by atoms with Gasteiger partial charge in [-0.05, 0) is 56.0 Å². The lowest BCUT2D eigenvalue weighted by Gasteiger charge is -2.22. The van der Waals surface area contributed by atoms with E-state index in [0.29, 0.717) is 22.9 Å². The van der Waals surface area contributed by atoms with E-state index in [4.69, 9.17) is 17.3 Å². The number of carbonyl (C=O) groups excluding carboxylic acids is 2. The molecular formula is C25H37FN8O2. The van der Waals surface area contributed by atoms with E-state index in [2.05, 4.69) is 20.7 Å². The third-order valence-corrected chi connectivity index (χ3v) is 5.58. The quantitative estimate of drug-likeness (QED) is 0.167. The van der Waals surface area contributed by atoms with E-state index >= 15 is 0 Å². The van der Waals surface area contributed by atoms with Crippen LogP contribution in [0.4, 0.5) is 4.39 Å². The SMILES string of the molecule is Cc1cc(/C(N)=N/N(C)N)cc(C(=O)NCc2ccc(F)c(C)c2)n1.NCC(=O)NC1CCCCC1. The van der Waals surface area contributed by atoms with Gasteiger partial charge in [0.15, 0.2) is 5.84 Å². The van der Waals surface area contributed by atoms with E-state index in [-0.39, 0.29) is 42.3 Å². The molecule has 1 heterocycles. The molecule has 8 N–H and O–H groups in total. The van der Waals surface area contributed by atoms with Gasteiger partial charge in [-0.1, -0.05) is 31.4 Å². The third-order valence-electron chi connectivity index (χ3n) is 5.58. The van der Waals surface area contributed by atoms with Gasteiger partial charge in [0.2, 0.25) is 5.91 Å². The maximum absolute atomic E-state index is 13.3. The topological polar surface area (TPSA) is 165 Å². The summed E-state index contributed by atoms with van der Waals surface area (Å²) in [5.74, 6) is 4.97. The van der Waals surface area contributed by atoms with Crippen LogP contribution in [0.5, 0.6) is 0 Å². The van der Waals surface area contributed by atoms with Crippen molar-refractivity contribution in [3.05, 3.63) is 64.2 Å². The summed E-state index contributed by atoms with van der Waals surface area (Å²) in [6, 6.07) is 8.34. The van der Waals surface area contributed by atoms with Crippen molar-refractivity contribution in [1.82, 2.24) is 20.7 Å². The van der Waals surface area contributed by atoms with Crippen molar-refractivity contribution in [2.45, 2.75) is 58.5 Å². The molecule has 1 saturated carbocycles. The second kappa shape index (κ2) is 14.1. The van der Waals surface area contributed by atoms with E-state index in [1.165, 1.54) is 25.3 Å². The Kier molecular flexibility index (Phi) is 11.2. The number of benzene rings is 1. The molecule has 0 aliphatic heterocycles. The summed E-state index contributed by atoms with van der Waals surface area (Å²) in [5.41, 5.74) is 13.7. The predicted octanol–water partition coefficient (Wildman–Crippen LogP) is 1.59. The number of carbonyl (C=O) groups is 2. The van der Waals surface area contributed by atoms with Crippen molar-refractivity contribution in [1.29, 1.82) is 0 Å².